The number of ether oxygens (including phenoxy) is 1. The van der Waals surface area contributed by atoms with E-state index in [9.17, 15) is 0 Å². The average Bonchev–Trinajstić information content (AvgIpc) is 2.04. The van der Waals surface area contributed by atoms with Crippen LogP contribution < -0.4 is 10.1 Å². The van der Waals surface area contributed by atoms with Gasteiger partial charge in [-0.2, -0.15) is 0 Å². The molecule has 1 aromatic rings. The van der Waals surface area contributed by atoms with Crippen molar-refractivity contribution in [1.82, 2.24) is 4.98 Å². The van der Waals surface area contributed by atoms with Gasteiger partial charge in [-0.15, -0.1) is 0 Å². The van der Waals surface area contributed by atoms with Crippen LogP contribution in [0.4, 0.5) is 5.69 Å². The summed E-state index contributed by atoms with van der Waals surface area (Å²) >= 11 is 0. The lowest BCUT2D eigenvalue weighted by Gasteiger charge is -2.04. The lowest BCUT2D eigenvalue weighted by atomic mass is 10.4. The van der Waals surface area contributed by atoms with Crippen molar-refractivity contribution in [2.75, 3.05) is 19.5 Å². The first kappa shape index (κ1) is 6.86. The maximum atomic E-state index is 5.01. The van der Waals surface area contributed by atoms with E-state index in [1.165, 1.54) is 0 Å². The highest BCUT2D eigenvalue weighted by molar-refractivity contribution is 5.53. The molecule has 0 amide bonds. The molecule has 0 saturated heterocycles. The molecule has 1 heterocycles. The summed E-state index contributed by atoms with van der Waals surface area (Å²) in [4.78, 5) is 3.90. The Morgan fingerprint density at radius 3 is 2.90 bits per heavy atom. The van der Waals surface area contributed by atoms with Crippen molar-refractivity contribution in [2.45, 2.75) is 0 Å². The molecule has 0 fully saturated rings. The Morgan fingerprint density at radius 2 is 2.40 bits per heavy atom. The maximum Gasteiger partial charge on any atom is 0.160 e. The first-order valence-electron chi connectivity index (χ1n) is 3.04. The van der Waals surface area contributed by atoms with Gasteiger partial charge in [0.15, 0.2) is 5.75 Å². The second-order valence-electron chi connectivity index (χ2n) is 1.83. The van der Waals surface area contributed by atoms with E-state index in [0.717, 1.165) is 11.4 Å². The number of nitrogens with one attached hydrogen (secondary N) is 1. The summed E-state index contributed by atoms with van der Waals surface area (Å²) in [7, 11) is 3.47. The molecular formula is C7H10N2O. The smallest absolute Gasteiger partial charge is 0.160 e. The summed E-state index contributed by atoms with van der Waals surface area (Å²) in [5.41, 5.74) is 0.956. The molecular weight excluding hydrogens is 128 g/mol. The highest BCUT2D eigenvalue weighted by Crippen LogP contribution is 2.20. The van der Waals surface area contributed by atoms with E-state index in [1.54, 1.807) is 19.5 Å². The van der Waals surface area contributed by atoms with Crippen LogP contribution in [-0.2, 0) is 0 Å². The van der Waals surface area contributed by atoms with Gasteiger partial charge in [0.25, 0.3) is 0 Å². The fourth-order valence-corrected chi connectivity index (χ4v) is 0.749. The molecule has 3 heteroatoms. The van der Waals surface area contributed by atoms with Crippen LogP contribution >= 0.6 is 0 Å². The fraction of sp³-hybridized carbons (Fsp3) is 0.286. The molecule has 54 valence electrons. The van der Waals surface area contributed by atoms with Crippen LogP contribution in [0.3, 0.4) is 0 Å². The van der Waals surface area contributed by atoms with Gasteiger partial charge in [0.05, 0.1) is 19.0 Å². The van der Waals surface area contributed by atoms with E-state index in [-0.39, 0.29) is 0 Å². The minimum Gasteiger partial charge on any atom is -0.493 e. The van der Waals surface area contributed by atoms with Crippen LogP contribution in [0.25, 0.3) is 0 Å². The van der Waals surface area contributed by atoms with Crippen LogP contribution in [0.5, 0.6) is 5.75 Å². The quantitative estimate of drug-likeness (QED) is 0.665. The number of hydrogen-bond donors (Lipinski definition) is 1. The van der Waals surface area contributed by atoms with Crippen molar-refractivity contribution >= 4 is 5.69 Å². The second kappa shape index (κ2) is 3.06. The van der Waals surface area contributed by atoms with Gasteiger partial charge in [0.1, 0.15) is 0 Å². The molecule has 0 spiro atoms. The average molecular weight is 138 g/mol. The monoisotopic (exact) mass is 138 g/mol. The Labute approximate surface area is 60.0 Å². The summed E-state index contributed by atoms with van der Waals surface area (Å²) in [6.07, 6.45) is 3.39. The Balaban J connectivity index is 2.96. The van der Waals surface area contributed by atoms with Gasteiger partial charge in [-0.05, 0) is 6.07 Å². The minimum absolute atomic E-state index is 0.769. The standard InChI is InChI=1S/C7H10N2O/c1-8-6-3-4-9-5-7(6)10-2/h3-5H,1-2H3,(H,8,9). The van der Waals surface area contributed by atoms with Crippen molar-refractivity contribution in [3.63, 3.8) is 0 Å². The Morgan fingerprint density at radius 1 is 1.60 bits per heavy atom. The van der Waals surface area contributed by atoms with Gasteiger partial charge < -0.3 is 10.1 Å². The van der Waals surface area contributed by atoms with Crippen molar-refractivity contribution in [2.24, 2.45) is 0 Å². The zero-order valence-electron chi connectivity index (χ0n) is 6.09. The summed E-state index contributed by atoms with van der Waals surface area (Å²) < 4.78 is 5.01. The second-order valence-corrected chi connectivity index (χ2v) is 1.83. The number of methoxy groups -OCH3 is 1. The Kier molecular flexibility index (Phi) is 2.10. The van der Waals surface area contributed by atoms with Crippen molar-refractivity contribution < 1.29 is 4.74 Å². The van der Waals surface area contributed by atoms with Gasteiger partial charge in [-0.3, -0.25) is 4.98 Å². The topological polar surface area (TPSA) is 34.2 Å². The Hall–Kier alpha value is -1.25. The number of anilines is 1. The van der Waals surface area contributed by atoms with Gasteiger partial charge in [-0.1, -0.05) is 0 Å². The van der Waals surface area contributed by atoms with E-state index < -0.39 is 0 Å². The molecule has 0 aliphatic rings. The normalized spacial score (nSPS) is 9.00. The third kappa shape index (κ3) is 1.18. The summed E-state index contributed by atoms with van der Waals surface area (Å²) in [5, 5.41) is 2.98. The molecule has 0 aliphatic heterocycles. The van der Waals surface area contributed by atoms with Crippen molar-refractivity contribution in [1.29, 1.82) is 0 Å². The molecule has 0 bridgehead atoms. The van der Waals surface area contributed by atoms with Crippen LogP contribution in [0.15, 0.2) is 18.5 Å². The first-order valence-corrected chi connectivity index (χ1v) is 3.04. The molecule has 0 aliphatic carbocycles. The number of aromatic nitrogens is 1. The van der Waals surface area contributed by atoms with Gasteiger partial charge in [-0.25, -0.2) is 0 Å². The molecule has 10 heavy (non-hydrogen) atoms. The minimum atomic E-state index is 0.769. The van der Waals surface area contributed by atoms with Gasteiger partial charge >= 0.3 is 0 Å². The molecule has 1 aromatic heterocycles. The van der Waals surface area contributed by atoms with Crippen LogP contribution in [0.1, 0.15) is 0 Å². The largest absolute Gasteiger partial charge is 0.493 e. The highest BCUT2D eigenvalue weighted by atomic mass is 16.5. The van der Waals surface area contributed by atoms with E-state index in [0.29, 0.717) is 0 Å². The zero-order chi connectivity index (χ0) is 7.40. The maximum absolute atomic E-state index is 5.01. The number of hydrogen-bond acceptors (Lipinski definition) is 3. The summed E-state index contributed by atoms with van der Waals surface area (Å²) in [6.45, 7) is 0. The summed E-state index contributed by atoms with van der Waals surface area (Å²) in [6, 6.07) is 1.86. The lowest BCUT2D eigenvalue weighted by molar-refractivity contribution is 0.415. The number of nitrogens with zero attached hydrogens (tertiary/aromatic N) is 1. The molecule has 3 nitrogen and oxygen atoms in total. The first-order chi connectivity index (χ1) is 4.88. The number of pyridine rings is 1. The fourth-order valence-electron chi connectivity index (χ4n) is 0.749. The SMILES string of the molecule is CNc1ccncc1OC. The predicted octanol–water partition coefficient (Wildman–Crippen LogP) is 1.13. The van der Waals surface area contributed by atoms with E-state index in [2.05, 4.69) is 10.3 Å². The zero-order valence-corrected chi connectivity index (χ0v) is 6.09. The van der Waals surface area contributed by atoms with Crippen LogP contribution in [0.2, 0.25) is 0 Å². The van der Waals surface area contributed by atoms with Gasteiger partial charge in [0.2, 0.25) is 0 Å². The van der Waals surface area contributed by atoms with Crippen LogP contribution in [0, 0.1) is 0 Å². The van der Waals surface area contributed by atoms with Crippen molar-refractivity contribution in [3.05, 3.63) is 18.5 Å². The number of rotatable bonds is 2. The Bertz CT molecular complexity index is 190. The lowest BCUT2D eigenvalue weighted by Crippen LogP contribution is -1.93. The molecule has 0 unspecified atom stereocenters. The third-order valence-electron chi connectivity index (χ3n) is 1.27. The van der Waals surface area contributed by atoms with Crippen LogP contribution in [-0.4, -0.2) is 19.1 Å². The molecule has 0 atom stereocenters. The molecule has 0 saturated carbocycles. The third-order valence-corrected chi connectivity index (χ3v) is 1.27. The van der Waals surface area contributed by atoms with E-state index in [4.69, 9.17) is 4.74 Å². The molecule has 0 aromatic carbocycles. The van der Waals surface area contributed by atoms with E-state index in [1.807, 2.05) is 13.1 Å². The highest BCUT2D eigenvalue weighted by Gasteiger charge is 1.96. The predicted molar refractivity (Wildman–Crippen MR) is 40.3 cm³/mol. The molecule has 1 N–H and O–H groups in total. The summed E-state index contributed by atoms with van der Waals surface area (Å²) in [5.74, 6) is 0.769. The molecule has 1 rings (SSSR count). The van der Waals surface area contributed by atoms with E-state index >= 15 is 0 Å². The molecule has 0 radical (unpaired) electrons. The van der Waals surface area contributed by atoms with Crippen molar-refractivity contribution in [3.8, 4) is 5.75 Å². The van der Waals surface area contributed by atoms with Gasteiger partial charge in [0, 0.05) is 13.2 Å².